The molecule has 0 unspecified atom stereocenters. The Morgan fingerprint density at radius 1 is 1.40 bits per heavy atom. The van der Waals surface area contributed by atoms with Crippen molar-refractivity contribution in [1.82, 2.24) is 5.32 Å². The van der Waals surface area contributed by atoms with Crippen LogP contribution < -0.4 is 5.32 Å². The highest BCUT2D eigenvalue weighted by Crippen LogP contribution is 2.34. The maximum absolute atomic E-state index is 11.5. The fourth-order valence-corrected chi connectivity index (χ4v) is 3.07. The third-order valence-electron chi connectivity index (χ3n) is 4.19. The van der Waals surface area contributed by atoms with E-state index >= 15 is 0 Å². The van der Waals surface area contributed by atoms with Crippen molar-refractivity contribution in [2.24, 2.45) is 0 Å². The third-order valence-corrected chi connectivity index (χ3v) is 4.19. The first kappa shape index (κ1) is 18.0. The zero-order valence-corrected chi connectivity index (χ0v) is 14.0. The van der Waals surface area contributed by atoms with Gasteiger partial charge in [0, 0.05) is 12.5 Å². The molecule has 0 bridgehead atoms. The maximum Gasteiger partial charge on any atom is 0.217 e. The van der Waals surface area contributed by atoms with Gasteiger partial charge in [-0.3, -0.25) is 4.79 Å². The normalized spacial score (nSPS) is 34.8. The summed E-state index contributed by atoms with van der Waals surface area (Å²) in [5, 5.41) is 13.5. The lowest BCUT2D eigenvalue weighted by Gasteiger charge is -2.47. The molecular formula is C18H23NO6. The predicted octanol–water partition coefficient (Wildman–Crippen LogP) is 0.894. The molecule has 0 spiro atoms. The Labute approximate surface area is 146 Å². The van der Waals surface area contributed by atoms with Crippen LogP contribution in [0.25, 0.3) is 0 Å². The lowest BCUT2D eigenvalue weighted by atomic mass is 9.95. The Kier molecular flexibility index (Phi) is 5.82. The Morgan fingerprint density at radius 2 is 2.16 bits per heavy atom. The number of fused-ring (bicyclic) bond motifs is 1. The van der Waals surface area contributed by atoms with Crippen molar-refractivity contribution in [2.45, 2.75) is 43.9 Å². The molecule has 3 rings (SSSR count). The van der Waals surface area contributed by atoms with Gasteiger partial charge in [0.1, 0.15) is 24.4 Å². The number of aliphatic hydroxyl groups excluding tert-OH is 1. The van der Waals surface area contributed by atoms with Crippen LogP contribution in [0.2, 0.25) is 0 Å². The molecule has 0 radical (unpaired) electrons. The van der Waals surface area contributed by atoms with E-state index in [4.69, 9.17) is 18.9 Å². The van der Waals surface area contributed by atoms with Gasteiger partial charge in [0.2, 0.25) is 5.91 Å². The van der Waals surface area contributed by atoms with Crippen LogP contribution in [0, 0.1) is 0 Å². The Bertz CT molecular complexity index is 594. The van der Waals surface area contributed by atoms with Crippen molar-refractivity contribution < 1.29 is 28.8 Å². The monoisotopic (exact) mass is 349 g/mol. The van der Waals surface area contributed by atoms with Crippen LogP contribution >= 0.6 is 0 Å². The second-order valence-corrected chi connectivity index (χ2v) is 6.06. The van der Waals surface area contributed by atoms with Gasteiger partial charge in [-0.15, -0.1) is 6.58 Å². The largest absolute Gasteiger partial charge is 0.388 e. The van der Waals surface area contributed by atoms with Gasteiger partial charge < -0.3 is 29.4 Å². The first-order chi connectivity index (χ1) is 12.1. The zero-order valence-electron chi connectivity index (χ0n) is 14.0. The summed E-state index contributed by atoms with van der Waals surface area (Å²) >= 11 is 0. The van der Waals surface area contributed by atoms with Crippen LogP contribution in [0.5, 0.6) is 0 Å². The van der Waals surface area contributed by atoms with Crippen molar-refractivity contribution in [3.63, 3.8) is 0 Å². The molecule has 25 heavy (non-hydrogen) atoms. The molecule has 0 aliphatic carbocycles. The number of aliphatic hydroxyl groups is 1. The number of ether oxygens (including phenoxy) is 4. The van der Waals surface area contributed by atoms with Crippen molar-refractivity contribution in [3.05, 3.63) is 48.6 Å². The van der Waals surface area contributed by atoms with Crippen LogP contribution in [0.1, 0.15) is 18.8 Å². The van der Waals surface area contributed by atoms with Gasteiger partial charge in [0.15, 0.2) is 12.6 Å². The summed E-state index contributed by atoms with van der Waals surface area (Å²) in [6.45, 7) is 5.46. The number of hydrogen-bond donors (Lipinski definition) is 2. The average molecular weight is 349 g/mol. The van der Waals surface area contributed by atoms with Crippen molar-refractivity contribution in [3.8, 4) is 0 Å². The van der Waals surface area contributed by atoms with Crippen molar-refractivity contribution in [1.29, 1.82) is 0 Å². The summed E-state index contributed by atoms with van der Waals surface area (Å²) in [6, 6.07) is 8.73. The molecule has 2 aliphatic rings. The van der Waals surface area contributed by atoms with Crippen LogP contribution in [0.3, 0.4) is 0 Å². The lowest BCUT2D eigenvalue weighted by molar-refractivity contribution is -0.343. The van der Waals surface area contributed by atoms with E-state index in [1.807, 2.05) is 30.3 Å². The molecule has 0 aromatic heterocycles. The molecule has 136 valence electrons. The van der Waals surface area contributed by atoms with Crippen LogP contribution in [-0.2, 0) is 23.7 Å². The molecule has 7 nitrogen and oxygen atoms in total. The highest BCUT2D eigenvalue weighted by Gasteiger charge is 2.50. The molecule has 2 saturated heterocycles. The van der Waals surface area contributed by atoms with Crippen LogP contribution in [0.4, 0.5) is 0 Å². The molecule has 6 atom stereocenters. The Hall–Kier alpha value is -1.77. The minimum atomic E-state index is -0.993. The topological polar surface area (TPSA) is 86.2 Å². The van der Waals surface area contributed by atoms with Gasteiger partial charge in [-0.05, 0) is 0 Å². The molecule has 2 aliphatic heterocycles. The van der Waals surface area contributed by atoms with Crippen molar-refractivity contribution in [2.75, 3.05) is 13.2 Å². The zero-order chi connectivity index (χ0) is 17.8. The smallest absolute Gasteiger partial charge is 0.217 e. The number of carbonyl (C=O) groups is 1. The molecule has 2 N–H and O–H groups in total. The van der Waals surface area contributed by atoms with E-state index in [-0.39, 0.29) is 19.1 Å². The second kappa shape index (κ2) is 8.07. The third kappa shape index (κ3) is 4.08. The summed E-state index contributed by atoms with van der Waals surface area (Å²) in [5.41, 5.74) is 0.856. The lowest BCUT2D eigenvalue weighted by Crippen LogP contribution is -2.66. The second-order valence-electron chi connectivity index (χ2n) is 6.06. The van der Waals surface area contributed by atoms with E-state index in [1.54, 1.807) is 6.08 Å². The fraction of sp³-hybridized carbons (Fsp3) is 0.500. The molecule has 1 amide bonds. The minimum Gasteiger partial charge on any atom is -0.388 e. The van der Waals surface area contributed by atoms with E-state index in [0.29, 0.717) is 0 Å². The van der Waals surface area contributed by atoms with Crippen LogP contribution in [0.15, 0.2) is 43.0 Å². The molecule has 2 fully saturated rings. The first-order valence-electron chi connectivity index (χ1n) is 8.25. The number of benzene rings is 1. The Morgan fingerprint density at radius 3 is 2.84 bits per heavy atom. The van der Waals surface area contributed by atoms with Gasteiger partial charge >= 0.3 is 0 Å². The van der Waals surface area contributed by atoms with Gasteiger partial charge in [-0.25, -0.2) is 0 Å². The van der Waals surface area contributed by atoms with E-state index in [1.165, 1.54) is 6.92 Å². The SMILES string of the molecule is C=CCO[C@@H]1O[C@@H]2CO[C@@H](c3ccccc3)O[C@H]2[C@H](O)[C@H]1NC(C)=O. The quantitative estimate of drug-likeness (QED) is 0.768. The summed E-state index contributed by atoms with van der Waals surface area (Å²) in [7, 11) is 0. The van der Waals surface area contributed by atoms with Gasteiger partial charge in [-0.1, -0.05) is 36.4 Å². The van der Waals surface area contributed by atoms with Gasteiger partial charge in [0.25, 0.3) is 0 Å². The molecule has 7 heteroatoms. The molecule has 1 aromatic rings. The maximum atomic E-state index is 11.5. The van der Waals surface area contributed by atoms with E-state index in [9.17, 15) is 9.90 Å². The average Bonchev–Trinajstić information content (AvgIpc) is 2.63. The summed E-state index contributed by atoms with van der Waals surface area (Å²) in [4.78, 5) is 11.5. The number of hydrogen-bond acceptors (Lipinski definition) is 6. The number of amides is 1. The highest BCUT2D eigenvalue weighted by atomic mass is 16.7. The van der Waals surface area contributed by atoms with E-state index < -0.39 is 36.9 Å². The van der Waals surface area contributed by atoms with Crippen LogP contribution in [-0.4, -0.2) is 54.9 Å². The summed E-state index contributed by atoms with van der Waals surface area (Å²) in [5.74, 6) is -0.287. The Balaban J connectivity index is 1.75. The highest BCUT2D eigenvalue weighted by molar-refractivity contribution is 5.73. The molecular weight excluding hydrogens is 326 g/mol. The number of rotatable bonds is 5. The van der Waals surface area contributed by atoms with Gasteiger partial charge in [0.05, 0.1) is 13.2 Å². The minimum absolute atomic E-state index is 0.235. The number of carbonyl (C=O) groups excluding carboxylic acids is 1. The molecule has 0 saturated carbocycles. The number of nitrogens with one attached hydrogen (secondary N) is 1. The van der Waals surface area contributed by atoms with E-state index in [2.05, 4.69) is 11.9 Å². The van der Waals surface area contributed by atoms with Gasteiger partial charge in [-0.2, -0.15) is 0 Å². The first-order valence-corrected chi connectivity index (χ1v) is 8.25. The summed E-state index contributed by atoms with van der Waals surface area (Å²) in [6.07, 6.45) is -1.95. The van der Waals surface area contributed by atoms with E-state index in [0.717, 1.165) is 5.56 Å². The molecule has 2 heterocycles. The fourth-order valence-electron chi connectivity index (χ4n) is 3.07. The van der Waals surface area contributed by atoms with Crippen molar-refractivity contribution >= 4 is 5.91 Å². The molecule has 1 aromatic carbocycles. The predicted molar refractivity (Wildman–Crippen MR) is 88.4 cm³/mol. The summed E-state index contributed by atoms with van der Waals surface area (Å²) < 4.78 is 23.1. The standard InChI is InChI=1S/C18H23NO6/c1-3-9-22-18-14(19-11(2)20)15(21)16-13(24-18)10-23-17(25-16)12-7-5-4-6-8-12/h3-8,13-18,21H,1,9-10H2,2H3,(H,19,20)/t13-,14-,15-,16-,17-,18-/m1/s1.